The van der Waals surface area contributed by atoms with Gasteiger partial charge in [-0.1, -0.05) is 23.4 Å². The molecule has 154 valence electrons. The van der Waals surface area contributed by atoms with Gasteiger partial charge in [0, 0.05) is 55.4 Å². The van der Waals surface area contributed by atoms with E-state index in [9.17, 15) is 8.42 Å². The Morgan fingerprint density at radius 2 is 1.90 bits per heavy atom. The summed E-state index contributed by atoms with van der Waals surface area (Å²) in [5.74, 6) is 0.567. The first-order chi connectivity index (χ1) is 14.1. The second-order valence-electron chi connectivity index (χ2n) is 6.95. The van der Waals surface area contributed by atoms with E-state index in [1.165, 1.54) is 17.0 Å². The summed E-state index contributed by atoms with van der Waals surface area (Å²) in [6, 6.07) is 13.8. The van der Waals surface area contributed by atoms with E-state index in [2.05, 4.69) is 43.9 Å². The highest BCUT2D eigenvalue weighted by molar-refractivity contribution is 7.91. The topological polar surface area (TPSA) is 78.7 Å². The van der Waals surface area contributed by atoms with E-state index in [1.807, 2.05) is 6.07 Å². The van der Waals surface area contributed by atoms with E-state index in [-0.39, 0.29) is 0 Å². The molecule has 0 spiro atoms. The average molecular weight is 433 g/mol. The molecule has 2 aromatic heterocycles. The van der Waals surface area contributed by atoms with Crippen LogP contribution >= 0.6 is 11.3 Å². The largest absolute Gasteiger partial charge is 0.369 e. The SMILES string of the molecule is O=S(=O)(NCCCN1CCN(c2ccccc2)CC1)c1cc(-c2ccno2)cs1. The second kappa shape index (κ2) is 9.08. The zero-order chi connectivity index (χ0) is 20.1. The summed E-state index contributed by atoms with van der Waals surface area (Å²) in [4.78, 5) is 4.78. The summed E-state index contributed by atoms with van der Waals surface area (Å²) >= 11 is 1.18. The van der Waals surface area contributed by atoms with Gasteiger partial charge in [-0.05, 0) is 31.2 Å². The van der Waals surface area contributed by atoms with E-state index in [0.29, 0.717) is 16.5 Å². The molecule has 4 rings (SSSR count). The molecule has 0 unspecified atom stereocenters. The monoisotopic (exact) mass is 432 g/mol. The number of aromatic nitrogens is 1. The predicted octanol–water partition coefficient (Wildman–Crippen LogP) is 2.89. The van der Waals surface area contributed by atoms with Crippen molar-refractivity contribution in [2.75, 3.05) is 44.2 Å². The van der Waals surface area contributed by atoms with Crippen molar-refractivity contribution in [2.45, 2.75) is 10.6 Å². The van der Waals surface area contributed by atoms with Gasteiger partial charge in [0.25, 0.3) is 0 Å². The molecule has 3 aromatic rings. The van der Waals surface area contributed by atoms with Gasteiger partial charge in [0.2, 0.25) is 10.0 Å². The summed E-state index contributed by atoms with van der Waals surface area (Å²) in [6.07, 6.45) is 2.32. The van der Waals surface area contributed by atoms with Gasteiger partial charge in [0.1, 0.15) is 4.21 Å². The molecular weight excluding hydrogens is 408 g/mol. The molecule has 9 heteroatoms. The maximum absolute atomic E-state index is 12.5. The van der Waals surface area contributed by atoms with Crippen LogP contribution in [-0.2, 0) is 10.0 Å². The quantitative estimate of drug-likeness (QED) is 0.552. The van der Waals surface area contributed by atoms with Crippen molar-refractivity contribution in [3.63, 3.8) is 0 Å². The lowest BCUT2D eigenvalue weighted by atomic mass is 10.2. The van der Waals surface area contributed by atoms with Crippen LogP contribution in [0.2, 0.25) is 0 Å². The van der Waals surface area contributed by atoms with Crippen molar-refractivity contribution in [1.29, 1.82) is 0 Å². The highest BCUT2D eigenvalue weighted by atomic mass is 32.2. The molecule has 0 atom stereocenters. The van der Waals surface area contributed by atoms with Crippen LogP contribution < -0.4 is 9.62 Å². The maximum Gasteiger partial charge on any atom is 0.250 e. The summed E-state index contributed by atoms with van der Waals surface area (Å²) in [7, 11) is -3.50. The van der Waals surface area contributed by atoms with Gasteiger partial charge < -0.3 is 9.42 Å². The molecule has 1 N–H and O–H groups in total. The normalized spacial score (nSPS) is 15.7. The van der Waals surface area contributed by atoms with Crippen molar-refractivity contribution in [3.05, 3.63) is 54.0 Å². The molecule has 0 radical (unpaired) electrons. The van der Waals surface area contributed by atoms with Crippen LogP contribution in [0, 0.1) is 0 Å². The van der Waals surface area contributed by atoms with Crippen LogP contribution in [0.5, 0.6) is 0 Å². The Balaban J connectivity index is 1.21. The maximum atomic E-state index is 12.5. The van der Waals surface area contributed by atoms with Gasteiger partial charge in [0.15, 0.2) is 5.76 Å². The Morgan fingerprint density at radius 3 is 2.62 bits per heavy atom. The van der Waals surface area contributed by atoms with E-state index in [1.54, 1.807) is 23.7 Å². The number of para-hydroxylation sites is 1. The minimum atomic E-state index is -3.50. The van der Waals surface area contributed by atoms with E-state index < -0.39 is 10.0 Å². The summed E-state index contributed by atoms with van der Waals surface area (Å²) in [5.41, 5.74) is 1.99. The summed E-state index contributed by atoms with van der Waals surface area (Å²) in [5, 5.41) is 5.42. The first kappa shape index (κ1) is 20.1. The number of nitrogens with one attached hydrogen (secondary N) is 1. The number of hydrogen-bond donors (Lipinski definition) is 1. The fourth-order valence-electron chi connectivity index (χ4n) is 3.40. The van der Waals surface area contributed by atoms with Crippen LogP contribution in [0.25, 0.3) is 11.3 Å². The van der Waals surface area contributed by atoms with Crippen LogP contribution in [0.1, 0.15) is 6.42 Å². The van der Waals surface area contributed by atoms with E-state index >= 15 is 0 Å². The van der Waals surface area contributed by atoms with Crippen LogP contribution in [-0.4, -0.2) is 57.7 Å². The van der Waals surface area contributed by atoms with Gasteiger partial charge in [-0.25, -0.2) is 13.1 Å². The van der Waals surface area contributed by atoms with Gasteiger partial charge in [-0.3, -0.25) is 4.90 Å². The van der Waals surface area contributed by atoms with Crippen molar-refractivity contribution in [2.24, 2.45) is 0 Å². The van der Waals surface area contributed by atoms with Crippen LogP contribution in [0.15, 0.2) is 62.8 Å². The second-order valence-corrected chi connectivity index (χ2v) is 9.85. The average Bonchev–Trinajstić information content (AvgIpc) is 3.44. The van der Waals surface area contributed by atoms with Crippen molar-refractivity contribution in [3.8, 4) is 11.3 Å². The third kappa shape index (κ3) is 5.05. The third-order valence-corrected chi connectivity index (χ3v) is 7.90. The Morgan fingerprint density at radius 1 is 1.10 bits per heavy atom. The van der Waals surface area contributed by atoms with Gasteiger partial charge in [0.05, 0.1) is 6.20 Å². The Bertz CT molecular complexity index is 996. The van der Waals surface area contributed by atoms with E-state index in [4.69, 9.17) is 4.52 Å². The Hall–Kier alpha value is -2.20. The Labute approximate surface area is 175 Å². The number of rotatable bonds is 8. The van der Waals surface area contributed by atoms with Crippen molar-refractivity contribution < 1.29 is 12.9 Å². The zero-order valence-corrected chi connectivity index (χ0v) is 17.7. The molecule has 29 heavy (non-hydrogen) atoms. The van der Waals surface area contributed by atoms with Gasteiger partial charge in [-0.15, -0.1) is 11.3 Å². The van der Waals surface area contributed by atoms with Crippen molar-refractivity contribution in [1.82, 2.24) is 14.8 Å². The summed E-state index contributed by atoms with van der Waals surface area (Å²) in [6.45, 7) is 5.29. The minimum Gasteiger partial charge on any atom is -0.369 e. The number of hydrogen-bond acceptors (Lipinski definition) is 7. The standard InChI is InChI=1S/C20H24N4O3S2/c25-29(26,20-15-17(16-28-20)19-7-9-21-27-19)22-8-4-10-23-11-13-24(14-12-23)18-5-2-1-3-6-18/h1-3,5-7,9,15-16,22H,4,8,10-14H2. The Kier molecular flexibility index (Phi) is 6.29. The molecule has 1 saturated heterocycles. The number of anilines is 1. The molecule has 1 aliphatic rings. The lowest BCUT2D eigenvalue weighted by Gasteiger charge is -2.36. The molecule has 0 saturated carbocycles. The highest BCUT2D eigenvalue weighted by Gasteiger charge is 2.19. The number of piperazine rings is 1. The fraction of sp³-hybridized carbons (Fsp3) is 0.350. The lowest BCUT2D eigenvalue weighted by molar-refractivity contribution is 0.255. The van der Waals surface area contributed by atoms with Crippen LogP contribution in [0.3, 0.4) is 0 Å². The van der Waals surface area contributed by atoms with Crippen LogP contribution in [0.4, 0.5) is 5.69 Å². The fourth-order valence-corrected chi connectivity index (χ4v) is 5.69. The first-order valence-electron chi connectivity index (χ1n) is 9.63. The molecule has 1 fully saturated rings. The molecule has 7 nitrogen and oxygen atoms in total. The molecule has 3 heterocycles. The predicted molar refractivity (Wildman–Crippen MR) is 115 cm³/mol. The molecule has 1 aliphatic heterocycles. The molecule has 1 aromatic carbocycles. The zero-order valence-electron chi connectivity index (χ0n) is 16.0. The molecule has 0 aliphatic carbocycles. The molecule has 0 bridgehead atoms. The highest BCUT2D eigenvalue weighted by Crippen LogP contribution is 2.28. The molecule has 0 amide bonds. The number of benzene rings is 1. The van der Waals surface area contributed by atoms with Gasteiger partial charge in [-0.2, -0.15) is 0 Å². The number of thiophene rings is 1. The number of sulfonamides is 1. The van der Waals surface area contributed by atoms with Gasteiger partial charge >= 0.3 is 0 Å². The smallest absolute Gasteiger partial charge is 0.250 e. The summed E-state index contributed by atoms with van der Waals surface area (Å²) < 4.78 is 33.1. The minimum absolute atomic E-state index is 0.292. The third-order valence-electron chi connectivity index (χ3n) is 5.00. The first-order valence-corrected chi connectivity index (χ1v) is 12.0. The van der Waals surface area contributed by atoms with E-state index in [0.717, 1.165) is 44.7 Å². The molecular formula is C20H24N4O3S2. The number of nitrogens with zero attached hydrogens (tertiary/aromatic N) is 3. The van der Waals surface area contributed by atoms with Crippen molar-refractivity contribution >= 4 is 27.0 Å². The lowest BCUT2D eigenvalue weighted by Crippen LogP contribution is -2.47.